The van der Waals surface area contributed by atoms with E-state index in [1.165, 1.54) is 6.42 Å². The molecule has 0 aliphatic heterocycles. The Morgan fingerprint density at radius 2 is 1.68 bits per heavy atom. The van der Waals surface area contributed by atoms with Crippen molar-refractivity contribution in [1.82, 2.24) is 5.32 Å². The van der Waals surface area contributed by atoms with Crippen molar-refractivity contribution in [3.05, 3.63) is 0 Å². The van der Waals surface area contributed by atoms with Crippen LogP contribution in [0.1, 0.15) is 91.9 Å². The SMILES string of the molecule is CC[C@@H]1C2C[C@H](O)CC[C@]2(C)C2CC[C@]3(C)[C@@H]([C@H](C)CCC(=O)NCC(=O)O)CC[C@H]3[C@@H]2[C@@H]1O. The molecule has 4 aliphatic rings. The zero-order valence-electron chi connectivity index (χ0n) is 21.6. The van der Waals surface area contributed by atoms with Gasteiger partial charge in [0.15, 0.2) is 0 Å². The second-order valence-electron chi connectivity index (χ2n) is 12.8. The van der Waals surface area contributed by atoms with Gasteiger partial charge in [-0.05, 0) is 104 Å². The van der Waals surface area contributed by atoms with Crippen LogP contribution in [-0.2, 0) is 9.59 Å². The zero-order valence-corrected chi connectivity index (χ0v) is 21.6. The molecule has 34 heavy (non-hydrogen) atoms. The number of rotatable bonds is 7. The molecule has 6 nitrogen and oxygen atoms in total. The van der Waals surface area contributed by atoms with Gasteiger partial charge in [-0.15, -0.1) is 0 Å². The Morgan fingerprint density at radius 3 is 2.35 bits per heavy atom. The average Bonchev–Trinajstić information content (AvgIpc) is 3.14. The predicted octanol–water partition coefficient (Wildman–Crippen LogP) is 4.23. The third-order valence-electron chi connectivity index (χ3n) is 11.4. The standard InChI is InChI=1S/C28H47NO5/c1-5-18-22-14-17(30)10-12-28(22,4)21-11-13-27(3)19(7-8-20(27)25(21)26(18)34)16(2)6-9-23(31)29-15-24(32)33/h16-22,25-26,30,34H,5-15H2,1-4H3,(H,29,31)(H,32,33)/t16-,17-,18-,19-,20+,21?,22?,25+,26-,27-,28-/m1/s1. The normalized spacial score (nSPS) is 46.6. The van der Waals surface area contributed by atoms with E-state index in [1.807, 2.05) is 0 Å². The summed E-state index contributed by atoms with van der Waals surface area (Å²) in [6.45, 7) is 9.10. The second kappa shape index (κ2) is 9.72. The fourth-order valence-electron chi connectivity index (χ4n) is 9.76. The van der Waals surface area contributed by atoms with Gasteiger partial charge in [0.05, 0.1) is 12.2 Å². The molecule has 1 amide bonds. The van der Waals surface area contributed by atoms with E-state index in [0.717, 1.165) is 51.4 Å². The van der Waals surface area contributed by atoms with Crippen LogP contribution in [0.25, 0.3) is 0 Å². The monoisotopic (exact) mass is 477 g/mol. The Morgan fingerprint density at radius 1 is 1.00 bits per heavy atom. The molecule has 0 aromatic heterocycles. The number of carbonyl (C=O) groups excluding carboxylic acids is 1. The highest BCUT2D eigenvalue weighted by Crippen LogP contribution is 2.69. The van der Waals surface area contributed by atoms with Crippen LogP contribution in [0.3, 0.4) is 0 Å². The Labute approximate surface area is 205 Å². The summed E-state index contributed by atoms with van der Waals surface area (Å²) in [5.74, 6) is 1.85. The molecule has 0 radical (unpaired) electrons. The number of carbonyl (C=O) groups is 2. The summed E-state index contributed by atoms with van der Waals surface area (Å²) in [6.07, 6.45) is 9.14. The minimum absolute atomic E-state index is 0.176. The minimum atomic E-state index is -1.01. The van der Waals surface area contributed by atoms with Crippen LogP contribution >= 0.6 is 0 Å². The highest BCUT2D eigenvalue weighted by atomic mass is 16.4. The summed E-state index contributed by atoms with van der Waals surface area (Å²) >= 11 is 0. The van der Waals surface area contributed by atoms with Crippen molar-refractivity contribution in [2.45, 2.75) is 104 Å². The molecule has 194 valence electrons. The number of aliphatic carboxylic acids is 1. The van der Waals surface area contributed by atoms with Crippen LogP contribution in [0.5, 0.6) is 0 Å². The Bertz CT molecular complexity index is 772. The number of carboxylic acids is 1. The Kier molecular flexibility index (Phi) is 7.42. The van der Waals surface area contributed by atoms with E-state index in [9.17, 15) is 19.8 Å². The van der Waals surface area contributed by atoms with Gasteiger partial charge in [-0.3, -0.25) is 9.59 Å². The average molecular weight is 478 g/mol. The molecule has 4 N–H and O–H groups in total. The van der Waals surface area contributed by atoms with Crippen LogP contribution in [0, 0.1) is 52.3 Å². The van der Waals surface area contributed by atoms with E-state index >= 15 is 0 Å². The first kappa shape index (κ1) is 25.9. The number of carboxylic acid groups (broad SMARTS) is 1. The molecule has 0 saturated heterocycles. The quantitative estimate of drug-likeness (QED) is 0.439. The van der Waals surface area contributed by atoms with Gasteiger partial charge in [-0.25, -0.2) is 0 Å². The summed E-state index contributed by atoms with van der Waals surface area (Å²) in [7, 11) is 0. The van der Waals surface area contributed by atoms with Gasteiger partial charge >= 0.3 is 5.97 Å². The lowest BCUT2D eigenvalue weighted by molar-refractivity contribution is -0.203. The minimum Gasteiger partial charge on any atom is -0.480 e. The van der Waals surface area contributed by atoms with Gasteiger partial charge in [-0.1, -0.05) is 34.1 Å². The number of fused-ring (bicyclic) bond motifs is 5. The molecule has 0 aromatic rings. The Balaban J connectivity index is 1.49. The Hall–Kier alpha value is -1.14. The lowest BCUT2D eigenvalue weighted by Crippen LogP contribution is -2.62. The number of hydrogen-bond donors (Lipinski definition) is 4. The van der Waals surface area contributed by atoms with E-state index in [2.05, 4.69) is 33.0 Å². The van der Waals surface area contributed by atoms with E-state index in [4.69, 9.17) is 5.11 Å². The van der Waals surface area contributed by atoms with E-state index in [1.54, 1.807) is 0 Å². The summed E-state index contributed by atoms with van der Waals surface area (Å²) in [4.78, 5) is 22.8. The van der Waals surface area contributed by atoms with Crippen molar-refractivity contribution >= 4 is 11.9 Å². The maximum Gasteiger partial charge on any atom is 0.322 e. The molecule has 4 fully saturated rings. The molecular weight excluding hydrogens is 430 g/mol. The molecule has 4 saturated carbocycles. The fraction of sp³-hybridized carbons (Fsp3) is 0.929. The van der Waals surface area contributed by atoms with Gasteiger partial charge in [0.25, 0.3) is 0 Å². The molecule has 0 spiro atoms. The van der Waals surface area contributed by atoms with Crippen LogP contribution in [0.2, 0.25) is 0 Å². The number of aliphatic hydroxyl groups excluding tert-OH is 2. The number of hydrogen-bond acceptors (Lipinski definition) is 4. The van der Waals surface area contributed by atoms with E-state index < -0.39 is 5.97 Å². The van der Waals surface area contributed by atoms with Crippen molar-refractivity contribution in [3.8, 4) is 0 Å². The van der Waals surface area contributed by atoms with Crippen LogP contribution < -0.4 is 5.32 Å². The molecule has 4 aliphatic carbocycles. The second-order valence-corrected chi connectivity index (χ2v) is 12.8. The first-order chi connectivity index (χ1) is 16.0. The van der Waals surface area contributed by atoms with Crippen molar-refractivity contribution < 1.29 is 24.9 Å². The molecule has 6 heteroatoms. The summed E-state index contributed by atoms with van der Waals surface area (Å²) < 4.78 is 0. The number of nitrogens with one attached hydrogen (secondary N) is 1. The molecule has 0 heterocycles. The molecule has 0 aromatic carbocycles. The van der Waals surface area contributed by atoms with Gasteiger partial charge in [0, 0.05) is 6.42 Å². The zero-order chi connectivity index (χ0) is 24.8. The smallest absolute Gasteiger partial charge is 0.322 e. The van der Waals surface area contributed by atoms with Crippen LogP contribution in [-0.4, -0.2) is 45.9 Å². The third kappa shape index (κ3) is 4.31. The van der Waals surface area contributed by atoms with Gasteiger partial charge < -0.3 is 20.6 Å². The summed E-state index contributed by atoms with van der Waals surface area (Å²) in [5.41, 5.74) is 0.409. The topological polar surface area (TPSA) is 107 Å². The van der Waals surface area contributed by atoms with E-state index in [-0.39, 0.29) is 41.4 Å². The molecular formula is C28H47NO5. The van der Waals surface area contributed by atoms with Crippen molar-refractivity contribution in [1.29, 1.82) is 0 Å². The molecule has 11 atom stereocenters. The van der Waals surface area contributed by atoms with Crippen LogP contribution in [0.4, 0.5) is 0 Å². The van der Waals surface area contributed by atoms with Crippen molar-refractivity contribution in [2.75, 3.05) is 6.54 Å². The van der Waals surface area contributed by atoms with Crippen LogP contribution in [0.15, 0.2) is 0 Å². The number of aliphatic hydroxyl groups is 2. The lowest BCUT2D eigenvalue weighted by Gasteiger charge is -2.64. The molecule has 0 bridgehead atoms. The first-order valence-corrected chi connectivity index (χ1v) is 13.9. The van der Waals surface area contributed by atoms with Crippen molar-refractivity contribution in [2.24, 2.45) is 52.3 Å². The maximum atomic E-state index is 12.1. The highest BCUT2D eigenvalue weighted by molar-refractivity contribution is 5.81. The summed E-state index contributed by atoms with van der Waals surface area (Å²) in [5, 5.41) is 33.5. The maximum absolute atomic E-state index is 12.1. The first-order valence-electron chi connectivity index (χ1n) is 13.9. The fourth-order valence-corrected chi connectivity index (χ4v) is 9.76. The highest BCUT2D eigenvalue weighted by Gasteiger charge is 2.64. The largest absolute Gasteiger partial charge is 0.480 e. The van der Waals surface area contributed by atoms with Gasteiger partial charge in [-0.2, -0.15) is 0 Å². The molecule has 2 unspecified atom stereocenters. The number of amides is 1. The van der Waals surface area contributed by atoms with Gasteiger partial charge in [0.2, 0.25) is 5.91 Å². The predicted molar refractivity (Wildman–Crippen MR) is 131 cm³/mol. The third-order valence-corrected chi connectivity index (χ3v) is 11.4. The molecule has 4 rings (SSSR count). The van der Waals surface area contributed by atoms with Crippen molar-refractivity contribution in [3.63, 3.8) is 0 Å². The van der Waals surface area contributed by atoms with Gasteiger partial charge in [0.1, 0.15) is 6.54 Å². The summed E-state index contributed by atoms with van der Waals surface area (Å²) in [6, 6.07) is 0. The lowest BCUT2D eigenvalue weighted by atomic mass is 9.41. The van der Waals surface area contributed by atoms with E-state index in [0.29, 0.717) is 41.9 Å².